The average Bonchev–Trinajstić information content (AvgIpc) is 3.02. The Morgan fingerprint density at radius 3 is 2.35 bits per heavy atom. The lowest BCUT2D eigenvalue weighted by molar-refractivity contribution is -0.264. The summed E-state index contributed by atoms with van der Waals surface area (Å²) < 4.78 is 0.479. The molecule has 4 atom stereocenters. The van der Waals surface area contributed by atoms with Crippen LogP contribution in [0.2, 0.25) is 0 Å². The van der Waals surface area contributed by atoms with Gasteiger partial charge in [-0.2, -0.15) is 0 Å². The van der Waals surface area contributed by atoms with Crippen LogP contribution in [-0.4, -0.2) is 9.20 Å². The summed E-state index contributed by atoms with van der Waals surface area (Å²) in [5, 5.41) is 0. The molecule has 5 fully saturated rings. The molecule has 0 aromatic heterocycles. The largest absolute Gasteiger partial charge is 0.118 e. The second-order valence-electron chi connectivity index (χ2n) is 7.86. The first-order valence-corrected chi connectivity index (χ1v) is 9.10. The summed E-state index contributed by atoms with van der Waals surface area (Å²) in [4.78, 5) is 0.0205. The van der Waals surface area contributed by atoms with Crippen molar-refractivity contribution in [2.24, 2.45) is 17.3 Å². The SMILES string of the molecule is C[C@@]1(c2ccccc2)C[C@]1(Cl)C12CC3(Br)C1CCCC32. The molecule has 6 rings (SSSR count). The van der Waals surface area contributed by atoms with Crippen LogP contribution in [0.15, 0.2) is 30.3 Å². The van der Waals surface area contributed by atoms with Crippen LogP contribution >= 0.6 is 27.5 Å². The molecular weight excluding hydrogens is 332 g/mol. The molecule has 1 aromatic carbocycles. The molecule has 2 unspecified atom stereocenters. The van der Waals surface area contributed by atoms with Gasteiger partial charge in [0, 0.05) is 15.2 Å². The van der Waals surface area contributed by atoms with Crippen molar-refractivity contribution in [3.63, 3.8) is 0 Å². The van der Waals surface area contributed by atoms with E-state index in [1.807, 2.05) is 0 Å². The first-order valence-electron chi connectivity index (χ1n) is 7.92. The highest BCUT2D eigenvalue weighted by Gasteiger charge is 2.92. The quantitative estimate of drug-likeness (QED) is 0.636. The van der Waals surface area contributed by atoms with Gasteiger partial charge in [-0.05, 0) is 43.1 Å². The fourth-order valence-corrected chi connectivity index (χ4v) is 8.84. The van der Waals surface area contributed by atoms with Crippen LogP contribution in [0.3, 0.4) is 0 Å². The van der Waals surface area contributed by atoms with Crippen LogP contribution in [0.4, 0.5) is 0 Å². The van der Waals surface area contributed by atoms with E-state index in [-0.39, 0.29) is 10.3 Å². The third-order valence-corrected chi connectivity index (χ3v) is 9.73. The van der Waals surface area contributed by atoms with Gasteiger partial charge in [0.2, 0.25) is 0 Å². The number of alkyl halides is 2. The molecule has 5 aliphatic carbocycles. The molecule has 0 spiro atoms. The van der Waals surface area contributed by atoms with Gasteiger partial charge in [0.1, 0.15) is 0 Å². The highest BCUT2D eigenvalue weighted by molar-refractivity contribution is 9.10. The number of rotatable bonds is 2. The predicted molar refractivity (Wildman–Crippen MR) is 86.5 cm³/mol. The number of benzene rings is 1. The second-order valence-corrected chi connectivity index (χ2v) is 9.98. The molecule has 20 heavy (non-hydrogen) atoms. The predicted octanol–water partition coefficient (Wildman–Crippen LogP) is 5.28. The van der Waals surface area contributed by atoms with E-state index < -0.39 is 0 Å². The van der Waals surface area contributed by atoms with Crippen LogP contribution in [0.25, 0.3) is 0 Å². The van der Waals surface area contributed by atoms with Crippen molar-refractivity contribution in [2.45, 2.75) is 53.6 Å². The van der Waals surface area contributed by atoms with Crippen molar-refractivity contribution >= 4 is 27.5 Å². The van der Waals surface area contributed by atoms with Gasteiger partial charge in [-0.25, -0.2) is 0 Å². The maximum absolute atomic E-state index is 7.31. The summed E-state index contributed by atoms with van der Waals surface area (Å²) in [6.07, 6.45) is 6.69. The Balaban J connectivity index is 1.55. The van der Waals surface area contributed by atoms with Gasteiger partial charge in [-0.1, -0.05) is 59.6 Å². The fraction of sp³-hybridized carbons (Fsp3) is 0.667. The Morgan fingerprint density at radius 1 is 1.10 bits per heavy atom. The normalized spacial score (nSPS) is 58.5. The molecule has 0 heterocycles. The molecule has 106 valence electrons. The number of hydrogen-bond acceptors (Lipinski definition) is 0. The molecule has 5 aliphatic rings. The summed E-state index contributed by atoms with van der Waals surface area (Å²) in [5.74, 6) is 1.69. The third kappa shape index (κ3) is 1.00. The van der Waals surface area contributed by atoms with Gasteiger partial charge in [-0.15, -0.1) is 11.6 Å². The summed E-state index contributed by atoms with van der Waals surface area (Å²) in [5.41, 5.74) is 2.08. The topological polar surface area (TPSA) is 0 Å². The zero-order valence-electron chi connectivity index (χ0n) is 11.8. The van der Waals surface area contributed by atoms with Crippen LogP contribution in [0.5, 0.6) is 0 Å². The van der Waals surface area contributed by atoms with E-state index in [9.17, 15) is 0 Å². The van der Waals surface area contributed by atoms with Gasteiger partial charge in [0.25, 0.3) is 0 Å². The lowest BCUT2D eigenvalue weighted by Crippen LogP contribution is -2.85. The van der Waals surface area contributed by atoms with E-state index in [2.05, 4.69) is 53.2 Å². The highest BCUT2D eigenvalue weighted by atomic mass is 79.9. The zero-order valence-corrected chi connectivity index (χ0v) is 14.2. The zero-order chi connectivity index (χ0) is 13.8. The number of hydrogen-bond donors (Lipinski definition) is 0. The summed E-state index contributed by atoms with van der Waals surface area (Å²) >= 11 is 11.4. The maximum atomic E-state index is 7.31. The number of halogens is 2. The smallest absolute Gasteiger partial charge is 0.0612 e. The van der Waals surface area contributed by atoms with E-state index in [1.54, 1.807) is 0 Å². The maximum Gasteiger partial charge on any atom is 0.0612 e. The van der Waals surface area contributed by atoms with Crippen LogP contribution in [0.1, 0.15) is 44.6 Å². The van der Waals surface area contributed by atoms with Crippen LogP contribution in [0, 0.1) is 17.3 Å². The summed E-state index contributed by atoms with van der Waals surface area (Å²) in [6.45, 7) is 2.40. The minimum absolute atomic E-state index is 0.0205. The third-order valence-electron chi connectivity index (χ3n) is 7.45. The van der Waals surface area contributed by atoms with E-state index >= 15 is 0 Å². The Morgan fingerprint density at radius 2 is 1.75 bits per heavy atom. The second kappa shape index (κ2) is 3.33. The molecule has 0 saturated heterocycles. The van der Waals surface area contributed by atoms with Gasteiger partial charge >= 0.3 is 0 Å². The van der Waals surface area contributed by atoms with E-state index in [0.717, 1.165) is 11.8 Å². The standard InChI is InChI=1S/C18H20BrCl/c1-15(12-6-3-2-4-7-12)10-18(15,20)16-11-17(19)13(16)8-5-9-14(16)17/h2-4,6-7,13-14H,5,8-11H2,1H3/t13?,14?,15-,16?,17?,18+/m0/s1. The molecular formula is C18H20BrCl. The lowest BCUT2D eigenvalue weighted by Gasteiger charge is -2.84. The van der Waals surface area contributed by atoms with E-state index in [0.29, 0.717) is 9.74 Å². The Kier molecular flexibility index (Phi) is 2.08. The van der Waals surface area contributed by atoms with Gasteiger partial charge in [0.05, 0.1) is 4.87 Å². The van der Waals surface area contributed by atoms with E-state index in [4.69, 9.17) is 11.6 Å². The van der Waals surface area contributed by atoms with Gasteiger partial charge in [-0.3, -0.25) is 0 Å². The van der Waals surface area contributed by atoms with Crippen molar-refractivity contribution in [3.8, 4) is 0 Å². The Hall–Kier alpha value is -0.0100. The molecule has 0 amide bonds. The molecule has 4 bridgehead atoms. The summed E-state index contributed by atoms with van der Waals surface area (Å²) in [6, 6.07) is 11.0. The average molecular weight is 352 g/mol. The van der Waals surface area contributed by atoms with E-state index in [1.165, 1.54) is 37.7 Å². The van der Waals surface area contributed by atoms with Gasteiger partial charge in [0.15, 0.2) is 0 Å². The first-order chi connectivity index (χ1) is 9.49. The molecule has 2 heteroatoms. The highest BCUT2D eigenvalue weighted by Crippen LogP contribution is 2.93. The first kappa shape index (κ1) is 12.5. The van der Waals surface area contributed by atoms with Crippen LogP contribution < -0.4 is 0 Å². The minimum atomic E-state index is 0.0205. The fourth-order valence-electron chi connectivity index (χ4n) is 6.40. The van der Waals surface area contributed by atoms with Gasteiger partial charge < -0.3 is 0 Å². The Labute approximate surface area is 134 Å². The Bertz CT molecular complexity index is 585. The monoisotopic (exact) mass is 350 g/mol. The van der Waals surface area contributed by atoms with Crippen LogP contribution in [-0.2, 0) is 5.41 Å². The minimum Gasteiger partial charge on any atom is -0.118 e. The molecule has 1 aromatic rings. The molecule has 5 saturated carbocycles. The molecule has 0 nitrogen and oxygen atoms in total. The van der Waals surface area contributed by atoms with Crippen molar-refractivity contribution in [1.29, 1.82) is 0 Å². The molecule has 0 N–H and O–H groups in total. The lowest BCUT2D eigenvalue weighted by atomic mass is 9.26. The summed E-state index contributed by atoms with van der Waals surface area (Å²) in [7, 11) is 0. The van der Waals surface area contributed by atoms with Crippen molar-refractivity contribution < 1.29 is 0 Å². The van der Waals surface area contributed by atoms with Crippen molar-refractivity contribution in [1.82, 2.24) is 0 Å². The van der Waals surface area contributed by atoms with Crippen molar-refractivity contribution in [2.75, 3.05) is 0 Å². The molecule has 0 radical (unpaired) electrons. The van der Waals surface area contributed by atoms with Crippen molar-refractivity contribution in [3.05, 3.63) is 35.9 Å². The molecule has 0 aliphatic heterocycles.